The lowest BCUT2D eigenvalue weighted by atomic mass is 10.2. The Morgan fingerprint density at radius 1 is 0.914 bits per heavy atom. The number of alkyl halides is 6. The normalized spacial score (nSPS) is 12.3. The topological polar surface area (TPSA) is 122 Å². The Kier molecular flexibility index (Phi) is 7.33. The van der Waals surface area contributed by atoms with Gasteiger partial charge in [-0.15, -0.1) is 0 Å². The van der Waals surface area contributed by atoms with Crippen LogP contribution in [0.3, 0.4) is 0 Å². The lowest BCUT2D eigenvalue weighted by Gasteiger charge is -2.16. The summed E-state index contributed by atoms with van der Waals surface area (Å²) in [4.78, 5) is 14.5. The second-order valence-corrected chi connectivity index (χ2v) is 8.89. The van der Waals surface area contributed by atoms with Crippen molar-refractivity contribution in [3.05, 3.63) is 59.7 Å². The number of anilines is 4. The quantitative estimate of drug-likeness (QED) is 0.373. The summed E-state index contributed by atoms with van der Waals surface area (Å²) in [5.41, 5.74) is -2.12. The molecule has 0 unspecified atom stereocenters. The zero-order valence-electron chi connectivity index (χ0n) is 17.7. The van der Waals surface area contributed by atoms with Gasteiger partial charge in [-0.3, -0.25) is 4.72 Å². The smallest absolute Gasteiger partial charge is 0.365 e. The zero-order valence-corrected chi connectivity index (χ0v) is 18.6. The molecule has 0 aromatic carbocycles. The molecule has 0 aliphatic heterocycles. The van der Waals surface area contributed by atoms with E-state index in [1.165, 1.54) is 25.3 Å². The Labute approximate surface area is 195 Å². The van der Waals surface area contributed by atoms with E-state index in [0.717, 1.165) is 12.3 Å². The number of halogens is 6. The molecule has 0 aliphatic rings. The first-order valence-electron chi connectivity index (χ1n) is 9.71. The van der Waals surface area contributed by atoms with Gasteiger partial charge in [0.25, 0.3) is 0 Å². The van der Waals surface area contributed by atoms with Crippen LogP contribution in [0.4, 0.5) is 49.6 Å². The molecule has 9 nitrogen and oxygen atoms in total. The van der Waals surface area contributed by atoms with E-state index in [1.807, 2.05) is 0 Å². The van der Waals surface area contributed by atoms with Crippen molar-refractivity contribution >= 4 is 33.3 Å². The van der Waals surface area contributed by atoms with E-state index in [2.05, 4.69) is 35.3 Å². The summed E-state index contributed by atoms with van der Waals surface area (Å²) < 4.78 is 104. The van der Waals surface area contributed by atoms with Crippen LogP contribution < -0.4 is 15.4 Å². The second-order valence-electron chi connectivity index (χ2n) is 6.88. The summed E-state index contributed by atoms with van der Waals surface area (Å²) in [7, 11) is -3.70. The first-order valence-corrected chi connectivity index (χ1v) is 11.4. The maximum Gasteiger partial charge on any atom is 0.433 e. The molecule has 3 aromatic heterocycles. The van der Waals surface area contributed by atoms with Gasteiger partial charge in [0.05, 0.1) is 17.6 Å². The molecule has 0 spiro atoms. The fourth-order valence-electron chi connectivity index (χ4n) is 2.62. The van der Waals surface area contributed by atoms with Crippen molar-refractivity contribution in [1.29, 1.82) is 0 Å². The molecule has 0 aliphatic carbocycles. The Morgan fingerprint density at radius 2 is 1.66 bits per heavy atom. The molecule has 16 heteroatoms. The Morgan fingerprint density at radius 3 is 2.26 bits per heavy atom. The maximum atomic E-state index is 13.5. The third-order valence-corrected chi connectivity index (χ3v) is 5.64. The highest BCUT2D eigenvalue weighted by atomic mass is 32.2. The Hall–Kier alpha value is -3.69. The standard InChI is InChI=1S/C19H17F6N7O2S/c1-2-35(33,34)32-15-11(4-3-7-26-15)8-28-16-13(18(20,21)22)10-29-17(31-16)30-12-5-6-14(27-9-12)19(23,24)25/h3-7,9-10H,2,8H2,1H3,(H,26,32)(H2,28,29,30,31). The number of nitrogens with zero attached hydrogens (tertiary/aromatic N) is 4. The summed E-state index contributed by atoms with van der Waals surface area (Å²) >= 11 is 0. The molecule has 3 aromatic rings. The summed E-state index contributed by atoms with van der Waals surface area (Å²) in [5, 5.41) is 4.97. The van der Waals surface area contributed by atoms with Crippen molar-refractivity contribution in [2.75, 3.05) is 21.1 Å². The van der Waals surface area contributed by atoms with E-state index in [4.69, 9.17) is 0 Å². The van der Waals surface area contributed by atoms with Crippen molar-refractivity contribution in [2.45, 2.75) is 25.8 Å². The second kappa shape index (κ2) is 9.89. The van der Waals surface area contributed by atoms with E-state index in [0.29, 0.717) is 12.3 Å². The van der Waals surface area contributed by atoms with E-state index in [9.17, 15) is 34.8 Å². The van der Waals surface area contributed by atoms with Crippen LogP contribution in [0, 0.1) is 0 Å². The van der Waals surface area contributed by atoms with Gasteiger partial charge in [0.2, 0.25) is 16.0 Å². The highest BCUT2D eigenvalue weighted by Crippen LogP contribution is 2.34. The molecule has 0 amide bonds. The number of pyridine rings is 2. The van der Waals surface area contributed by atoms with Crippen LogP contribution in [-0.4, -0.2) is 34.1 Å². The van der Waals surface area contributed by atoms with E-state index in [-0.39, 0.29) is 35.3 Å². The molecule has 3 N–H and O–H groups in total. The summed E-state index contributed by atoms with van der Waals surface area (Å²) in [5.74, 6) is -1.31. The largest absolute Gasteiger partial charge is 0.433 e. The number of hydrogen-bond acceptors (Lipinski definition) is 8. The average molecular weight is 521 g/mol. The van der Waals surface area contributed by atoms with Crippen LogP contribution in [0.5, 0.6) is 0 Å². The van der Waals surface area contributed by atoms with Gasteiger partial charge >= 0.3 is 12.4 Å². The van der Waals surface area contributed by atoms with Gasteiger partial charge in [-0.05, 0) is 25.1 Å². The number of aromatic nitrogens is 4. The molecule has 0 bridgehead atoms. The molecule has 0 saturated heterocycles. The Bertz CT molecular complexity index is 1280. The molecule has 3 rings (SSSR count). The van der Waals surface area contributed by atoms with Crippen LogP contribution in [0.25, 0.3) is 0 Å². The molecule has 188 valence electrons. The first-order chi connectivity index (χ1) is 16.3. The predicted molar refractivity (Wildman–Crippen MR) is 114 cm³/mol. The average Bonchev–Trinajstić information content (AvgIpc) is 2.77. The van der Waals surface area contributed by atoms with Crippen molar-refractivity contribution < 1.29 is 34.8 Å². The van der Waals surface area contributed by atoms with Crippen LogP contribution in [0.2, 0.25) is 0 Å². The van der Waals surface area contributed by atoms with Gasteiger partial charge in [0.1, 0.15) is 22.9 Å². The molecule has 0 fully saturated rings. The third kappa shape index (κ3) is 6.91. The fraction of sp³-hybridized carbons (Fsp3) is 0.263. The number of hydrogen-bond donors (Lipinski definition) is 3. The summed E-state index contributed by atoms with van der Waals surface area (Å²) in [6.07, 6.45) is -6.85. The minimum Gasteiger partial charge on any atom is -0.365 e. The molecule has 0 saturated carbocycles. The van der Waals surface area contributed by atoms with Crippen molar-refractivity contribution in [1.82, 2.24) is 19.9 Å². The van der Waals surface area contributed by atoms with E-state index < -0.39 is 39.5 Å². The monoisotopic (exact) mass is 521 g/mol. The third-order valence-electron chi connectivity index (χ3n) is 4.37. The van der Waals surface area contributed by atoms with Crippen LogP contribution in [0.15, 0.2) is 42.9 Å². The minimum absolute atomic E-state index is 0.00669. The Balaban J connectivity index is 1.86. The lowest BCUT2D eigenvalue weighted by Crippen LogP contribution is -2.18. The van der Waals surface area contributed by atoms with Crippen molar-refractivity contribution in [2.24, 2.45) is 0 Å². The van der Waals surface area contributed by atoms with Crippen LogP contribution in [0.1, 0.15) is 23.7 Å². The van der Waals surface area contributed by atoms with Gasteiger partial charge in [0.15, 0.2) is 0 Å². The zero-order chi connectivity index (χ0) is 25.9. The summed E-state index contributed by atoms with van der Waals surface area (Å²) in [6, 6.07) is 4.63. The molecule has 3 heterocycles. The van der Waals surface area contributed by atoms with Crippen LogP contribution >= 0.6 is 0 Å². The van der Waals surface area contributed by atoms with Crippen LogP contribution in [-0.2, 0) is 28.9 Å². The first kappa shape index (κ1) is 25.9. The summed E-state index contributed by atoms with van der Waals surface area (Å²) in [6.45, 7) is 1.11. The van der Waals surface area contributed by atoms with Gasteiger partial charge in [-0.25, -0.2) is 23.4 Å². The predicted octanol–water partition coefficient (Wildman–Crippen LogP) is 4.42. The molecular formula is C19H17F6N7O2S. The number of rotatable bonds is 8. The van der Waals surface area contributed by atoms with Gasteiger partial charge in [-0.2, -0.15) is 31.3 Å². The lowest BCUT2D eigenvalue weighted by molar-refractivity contribution is -0.141. The van der Waals surface area contributed by atoms with Gasteiger partial charge in [0, 0.05) is 24.5 Å². The highest BCUT2D eigenvalue weighted by molar-refractivity contribution is 7.92. The van der Waals surface area contributed by atoms with E-state index in [1.54, 1.807) is 0 Å². The highest BCUT2D eigenvalue weighted by Gasteiger charge is 2.35. The fourth-order valence-corrected chi connectivity index (χ4v) is 3.24. The molecule has 0 atom stereocenters. The molecule has 0 radical (unpaired) electrons. The number of nitrogens with one attached hydrogen (secondary N) is 3. The van der Waals surface area contributed by atoms with Gasteiger partial charge < -0.3 is 10.6 Å². The molecular weight excluding hydrogens is 504 g/mol. The van der Waals surface area contributed by atoms with Crippen molar-refractivity contribution in [3.8, 4) is 0 Å². The SMILES string of the molecule is CCS(=O)(=O)Nc1ncccc1CNc1nc(Nc2ccc(C(F)(F)F)nc2)ncc1C(F)(F)F. The maximum absolute atomic E-state index is 13.5. The number of sulfonamides is 1. The minimum atomic E-state index is -4.83. The van der Waals surface area contributed by atoms with E-state index >= 15 is 0 Å². The van der Waals surface area contributed by atoms with Gasteiger partial charge in [-0.1, -0.05) is 6.07 Å². The van der Waals surface area contributed by atoms with Crippen molar-refractivity contribution in [3.63, 3.8) is 0 Å². The molecule has 35 heavy (non-hydrogen) atoms.